The number of hydrogen-bond donors (Lipinski definition) is 3. The molecule has 250 valence electrons. The number of benzene rings is 1. The minimum absolute atomic E-state index is 0.0107. The lowest BCUT2D eigenvalue weighted by atomic mass is 9.92. The number of amides is 5. The second-order valence-corrected chi connectivity index (χ2v) is 11.9. The molecule has 5 amide bonds. The monoisotopic (exact) mass is 633 g/mol. The summed E-state index contributed by atoms with van der Waals surface area (Å²) in [5, 5.41) is 7.29. The number of carbonyl (C=O) groups excluding carboxylic acids is 6. The van der Waals surface area contributed by atoms with Gasteiger partial charge in [-0.3, -0.25) is 14.4 Å². The minimum Gasteiger partial charge on any atom is -0.467 e. The smallest absolute Gasteiger partial charge is 0.410 e. The van der Waals surface area contributed by atoms with E-state index in [-0.39, 0.29) is 37.5 Å². The molecule has 1 aliphatic heterocycles. The maximum atomic E-state index is 12.8. The van der Waals surface area contributed by atoms with Crippen LogP contribution in [-0.2, 0) is 40.0 Å². The van der Waals surface area contributed by atoms with Crippen molar-refractivity contribution in [1.29, 1.82) is 0 Å². The second-order valence-electron chi connectivity index (χ2n) is 11.9. The van der Waals surface area contributed by atoms with Crippen LogP contribution in [0.15, 0.2) is 30.3 Å². The number of likely N-dealkylation sites (tertiary alicyclic amines) is 1. The highest BCUT2D eigenvalue weighted by Crippen LogP contribution is 2.24. The average Bonchev–Trinajstić information content (AvgIpc) is 3.02. The van der Waals surface area contributed by atoms with Gasteiger partial charge in [-0.25, -0.2) is 14.4 Å². The van der Waals surface area contributed by atoms with Gasteiger partial charge in [0.05, 0.1) is 13.7 Å². The van der Waals surface area contributed by atoms with Crippen LogP contribution in [0.3, 0.4) is 0 Å². The summed E-state index contributed by atoms with van der Waals surface area (Å²) in [6.45, 7) is 7.45. The van der Waals surface area contributed by atoms with E-state index in [1.807, 2.05) is 26.8 Å². The number of carbonyl (C=O) groups is 6. The van der Waals surface area contributed by atoms with Crippen LogP contribution in [-0.4, -0.2) is 104 Å². The third kappa shape index (κ3) is 13.4. The normalized spacial score (nSPS) is 14.8. The highest BCUT2D eigenvalue weighted by atomic mass is 16.6. The topological polar surface area (TPSA) is 173 Å². The molecule has 0 spiro atoms. The number of alkyl carbamates (subject to hydrolysis) is 1. The Morgan fingerprint density at radius 1 is 1.02 bits per heavy atom. The molecule has 45 heavy (non-hydrogen) atoms. The molecule has 0 unspecified atom stereocenters. The summed E-state index contributed by atoms with van der Waals surface area (Å²) in [5.41, 5.74) is 0.202. The van der Waals surface area contributed by atoms with Gasteiger partial charge in [0, 0.05) is 33.1 Å². The lowest BCUT2D eigenvalue weighted by molar-refractivity contribution is -0.143. The van der Waals surface area contributed by atoms with E-state index in [1.165, 1.54) is 11.9 Å². The van der Waals surface area contributed by atoms with Crippen LogP contribution in [0, 0.1) is 5.92 Å². The number of hydrogen-bond acceptors (Lipinski definition) is 9. The number of esters is 1. The Balaban J connectivity index is 1.70. The molecule has 1 saturated heterocycles. The Morgan fingerprint density at radius 2 is 1.67 bits per heavy atom. The third-order valence-corrected chi connectivity index (χ3v) is 7.30. The summed E-state index contributed by atoms with van der Waals surface area (Å²) < 4.78 is 15.2. The maximum absolute atomic E-state index is 12.8. The van der Waals surface area contributed by atoms with Crippen molar-refractivity contribution < 1.29 is 43.0 Å². The number of nitrogens with one attached hydrogen (secondary N) is 3. The van der Waals surface area contributed by atoms with Gasteiger partial charge in [-0.15, -0.1) is 0 Å². The van der Waals surface area contributed by atoms with Crippen molar-refractivity contribution in [3.63, 3.8) is 0 Å². The van der Waals surface area contributed by atoms with Crippen molar-refractivity contribution in [2.45, 2.75) is 77.7 Å². The molecule has 1 aromatic rings. The van der Waals surface area contributed by atoms with Crippen LogP contribution in [0.5, 0.6) is 0 Å². The maximum Gasteiger partial charge on any atom is 0.410 e. The van der Waals surface area contributed by atoms with E-state index in [1.54, 1.807) is 36.1 Å². The summed E-state index contributed by atoms with van der Waals surface area (Å²) in [4.78, 5) is 77.3. The first-order chi connectivity index (χ1) is 21.2. The third-order valence-electron chi connectivity index (χ3n) is 7.30. The zero-order chi connectivity index (χ0) is 33.6. The Bertz CT molecular complexity index is 1160. The summed E-state index contributed by atoms with van der Waals surface area (Å²) in [5.74, 6) is -1.86. The van der Waals surface area contributed by atoms with Crippen molar-refractivity contribution in [3.05, 3.63) is 35.9 Å². The SMILES string of the molecule is COC(=O)[C@H](CNC(=O)CNC(=O)[C@H](C)N(C)C(=O)CCC1CCN(C(=O)OC(C)(C)C)CC1)NC(=O)OCc1ccccc1. The molecule has 0 aromatic heterocycles. The average molecular weight is 634 g/mol. The van der Waals surface area contributed by atoms with E-state index in [0.717, 1.165) is 25.5 Å². The van der Waals surface area contributed by atoms with E-state index in [9.17, 15) is 28.8 Å². The number of rotatable bonds is 13. The zero-order valence-electron chi connectivity index (χ0n) is 27.1. The van der Waals surface area contributed by atoms with Crippen LogP contribution in [0.2, 0.25) is 0 Å². The van der Waals surface area contributed by atoms with Gasteiger partial charge in [0.1, 0.15) is 24.3 Å². The van der Waals surface area contributed by atoms with Gasteiger partial charge in [-0.05, 0) is 58.4 Å². The van der Waals surface area contributed by atoms with Crippen LogP contribution < -0.4 is 16.0 Å². The number of piperidine rings is 1. The molecule has 1 fully saturated rings. The molecular formula is C31H47N5O9. The van der Waals surface area contributed by atoms with Crippen LogP contribution in [0.4, 0.5) is 9.59 Å². The quantitative estimate of drug-likeness (QED) is 0.217. The molecular weight excluding hydrogens is 586 g/mol. The highest BCUT2D eigenvalue weighted by molar-refractivity contribution is 5.90. The molecule has 1 aromatic carbocycles. The fourth-order valence-corrected chi connectivity index (χ4v) is 4.46. The Kier molecular flexibility index (Phi) is 14.6. The van der Waals surface area contributed by atoms with Gasteiger partial charge >= 0.3 is 18.2 Å². The van der Waals surface area contributed by atoms with Crippen molar-refractivity contribution in [2.75, 3.05) is 40.3 Å². The Labute approximate surface area is 264 Å². The molecule has 0 radical (unpaired) electrons. The number of methoxy groups -OCH3 is 1. The van der Waals surface area contributed by atoms with Crippen molar-refractivity contribution in [3.8, 4) is 0 Å². The lowest BCUT2D eigenvalue weighted by Crippen LogP contribution is -2.51. The van der Waals surface area contributed by atoms with E-state index >= 15 is 0 Å². The van der Waals surface area contributed by atoms with E-state index in [2.05, 4.69) is 20.7 Å². The second kappa shape index (κ2) is 17.8. The highest BCUT2D eigenvalue weighted by Gasteiger charge is 2.29. The Morgan fingerprint density at radius 3 is 2.27 bits per heavy atom. The number of likely N-dealkylation sites (N-methyl/N-ethyl adjacent to an activating group) is 1. The van der Waals surface area contributed by atoms with Gasteiger partial charge in [-0.1, -0.05) is 30.3 Å². The van der Waals surface area contributed by atoms with Crippen molar-refractivity contribution >= 4 is 35.9 Å². The standard InChI is InChI=1S/C31H47N5O9/c1-21(35(5)26(38)13-12-22-14-16-36(17-15-22)30(42)45-31(2,3)4)27(39)33-19-25(37)32-18-24(28(40)43-6)34-29(41)44-20-23-10-8-7-9-11-23/h7-11,21-22,24H,12-20H2,1-6H3,(H,32,37)(H,33,39)(H,34,41)/t21-,24-/m0/s1. The van der Waals surface area contributed by atoms with E-state index < -0.39 is 48.1 Å². The van der Waals surface area contributed by atoms with Crippen LogP contribution in [0.1, 0.15) is 58.9 Å². The number of nitrogens with zero attached hydrogens (tertiary/aromatic N) is 2. The molecule has 1 heterocycles. The Hall–Kier alpha value is -4.36. The van der Waals surface area contributed by atoms with E-state index in [0.29, 0.717) is 19.5 Å². The summed E-state index contributed by atoms with van der Waals surface area (Å²) in [7, 11) is 2.67. The first-order valence-corrected chi connectivity index (χ1v) is 15.0. The summed E-state index contributed by atoms with van der Waals surface area (Å²) in [6.07, 6.45) is 1.22. The molecule has 14 nitrogen and oxygen atoms in total. The lowest BCUT2D eigenvalue weighted by Gasteiger charge is -2.33. The first-order valence-electron chi connectivity index (χ1n) is 15.0. The fourth-order valence-electron chi connectivity index (χ4n) is 4.46. The molecule has 0 bridgehead atoms. The van der Waals surface area contributed by atoms with Crippen molar-refractivity contribution in [1.82, 2.24) is 25.8 Å². The summed E-state index contributed by atoms with van der Waals surface area (Å²) >= 11 is 0. The molecule has 2 rings (SSSR count). The first kappa shape index (κ1) is 36.8. The van der Waals surface area contributed by atoms with Gasteiger partial charge < -0.3 is 40.0 Å². The molecule has 2 atom stereocenters. The van der Waals surface area contributed by atoms with Gasteiger partial charge in [-0.2, -0.15) is 0 Å². The van der Waals surface area contributed by atoms with Gasteiger partial charge in [0.15, 0.2) is 0 Å². The molecule has 1 aliphatic rings. The predicted octanol–water partition coefficient (Wildman–Crippen LogP) is 1.96. The number of ether oxygens (including phenoxy) is 3. The predicted molar refractivity (Wildman–Crippen MR) is 164 cm³/mol. The molecule has 0 saturated carbocycles. The van der Waals surface area contributed by atoms with Crippen LogP contribution in [0.25, 0.3) is 0 Å². The largest absolute Gasteiger partial charge is 0.467 e. The molecule has 0 aliphatic carbocycles. The minimum atomic E-state index is -1.22. The summed E-state index contributed by atoms with van der Waals surface area (Å²) in [6, 6.07) is 6.91. The van der Waals surface area contributed by atoms with E-state index in [4.69, 9.17) is 9.47 Å². The zero-order valence-corrected chi connectivity index (χ0v) is 27.1. The molecule has 3 N–H and O–H groups in total. The van der Waals surface area contributed by atoms with Crippen LogP contribution >= 0.6 is 0 Å². The van der Waals surface area contributed by atoms with Gasteiger partial charge in [0.25, 0.3) is 0 Å². The molecule has 14 heteroatoms. The van der Waals surface area contributed by atoms with Gasteiger partial charge in [0.2, 0.25) is 17.7 Å². The fraction of sp³-hybridized carbons (Fsp3) is 0.613. The van der Waals surface area contributed by atoms with Crippen molar-refractivity contribution in [2.24, 2.45) is 5.92 Å².